The van der Waals surface area contributed by atoms with Crippen molar-refractivity contribution in [1.29, 1.82) is 0 Å². The first-order valence-corrected chi connectivity index (χ1v) is 7.06. The summed E-state index contributed by atoms with van der Waals surface area (Å²) in [5.74, 6) is 0.544. The van der Waals surface area contributed by atoms with Crippen LogP contribution in [0.2, 0.25) is 0 Å². The van der Waals surface area contributed by atoms with Crippen molar-refractivity contribution >= 4 is 17.1 Å². The maximum atomic E-state index is 6.10. The maximum Gasteiger partial charge on any atom is 0.202 e. The van der Waals surface area contributed by atoms with Gasteiger partial charge in [0.2, 0.25) is 5.95 Å². The van der Waals surface area contributed by atoms with E-state index in [1.54, 1.807) is 0 Å². The molecule has 6 nitrogen and oxygen atoms in total. The van der Waals surface area contributed by atoms with E-state index in [1.165, 1.54) is 0 Å². The standard InChI is InChI=1S/C14H21N5O/c1-10-3-4-16-13-12(10)17-14(15)19(13)11(2)9-18-5-7-20-8-6-18/h3-4,11H,5-9H2,1-2H3,(H2,15,17). The van der Waals surface area contributed by atoms with Crippen LogP contribution in [0.1, 0.15) is 18.5 Å². The molecule has 0 amide bonds. The fourth-order valence-corrected chi connectivity index (χ4v) is 2.80. The molecule has 20 heavy (non-hydrogen) atoms. The van der Waals surface area contributed by atoms with E-state index in [4.69, 9.17) is 10.5 Å². The van der Waals surface area contributed by atoms with Crippen LogP contribution < -0.4 is 5.73 Å². The number of hydrogen-bond donors (Lipinski definition) is 1. The summed E-state index contributed by atoms with van der Waals surface area (Å²) >= 11 is 0. The Morgan fingerprint density at radius 1 is 1.40 bits per heavy atom. The summed E-state index contributed by atoms with van der Waals surface area (Å²) in [7, 11) is 0. The van der Waals surface area contributed by atoms with E-state index < -0.39 is 0 Å². The van der Waals surface area contributed by atoms with Crippen LogP contribution in [-0.2, 0) is 4.74 Å². The van der Waals surface area contributed by atoms with Crippen molar-refractivity contribution in [3.63, 3.8) is 0 Å². The molecule has 1 aliphatic rings. The zero-order chi connectivity index (χ0) is 14.1. The zero-order valence-corrected chi connectivity index (χ0v) is 12.0. The minimum Gasteiger partial charge on any atom is -0.379 e. The highest BCUT2D eigenvalue weighted by Gasteiger charge is 2.19. The summed E-state index contributed by atoms with van der Waals surface area (Å²) in [5.41, 5.74) is 8.99. The SMILES string of the molecule is Cc1ccnc2c1nc(N)n2C(C)CN1CCOCC1. The lowest BCUT2D eigenvalue weighted by atomic mass is 10.2. The molecule has 0 spiro atoms. The number of hydrogen-bond acceptors (Lipinski definition) is 5. The molecule has 0 aromatic carbocycles. The van der Waals surface area contributed by atoms with Gasteiger partial charge in [0.15, 0.2) is 5.65 Å². The molecule has 2 aromatic heterocycles. The van der Waals surface area contributed by atoms with Crippen LogP contribution in [0.4, 0.5) is 5.95 Å². The third-order valence-corrected chi connectivity index (χ3v) is 3.87. The molecule has 0 bridgehead atoms. The highest BCUT2D eigenvalue weighted by Crippen LogP contribution is 2.23. The monoisotopic (exact) mass is 275 g/mol. The van der Waals surface area contributed by atoms with Crippen LogP contribution in [0.5, 0.6) is 0 Å². The first-order valence-electron chi connectivity index (χ1n) is 7.06. The Morgan fingerprint density at radius 3 is 2.90 bits per heavy atom. The average molecular weight is 275 g/mol. The number of pyridine rings is 1. The molecular weight excluding hydrogens is 254 g/mol. The van der Waals surface area contributed by atoms with Crippen LogP contribution in [-0.4, -0.2) is 52.3 Å². The Bertz CT molecular complexity index is 603. The summed E-state index contributed by atoms with van der Waals surface area (Å²) < 4.78 is 7.42. The number of fused-ring (bicyclic) bond motifs is 1. The summed E-state index contributed by atoms with van der Waals surface area (Å²) in [6, 6.07) is 2.21. The van der Waals surface area contributed by atoms with Crippen LogP contribution in [0.25, 0.3) is 11.2 Å². The number of imidazole rings is 1. The van der Waals surface area contributed by atoms with Gasteiger partial charge >= 0.3 is 0 Å². The van der Waals surface area contributed by atoms with Crippen LogP contribution in [0.15, 0.2) is 12.3 Å². The van der Waals surface area contributed by atoms with Gasteiger partial charge in [0.25, 0.3) is 0 Å². The van der Waals surface area contributed by atoms with Crippen LogP contribution >= 0.6 is 0 Å². The minimum absolute atomic E-state index is 0.243. The second-order valence-electron chi connectivity index (χ2n) is 5.40. The molecule has 0 radical (unpaired) electrons. The Morgan fingerprint density at radius 2 is 2.15 bits per heavy atom. The predicted octanol–water partition coefficient (Wildman–Crippen LogP) is 1.22. The second kappa shape index (κ2) is 5.38. The minimum atomic E-state index is 0.243. The molecule has 3 rings (SSSR count). The molecule has 2 N–H and O–H groups in total. The van der Waals surface area contributed by atoms with Gasteiger partial charge < -0.3 is 10.5 Å². The molecule has 1 aliphatic heterocycles. The van der Waals surface area contributed by atoms with E-state index in [0.29, 0.717) is 5.95 Å². The summed E-state index contributed by atoms with van der Waals surface area (Å²) in [6.45, 7) is 8.71. The maximum absolute atomic E-state index is 6.10. The first kappa shape index (κ1) is 13.3. The van der Waals surface area contributed by atoms with Gasteiger partial charge in [-0.15, -0.1) is 0 Å². The highest BCUT2D eigenvalue weighted by atomic mass is 16.5. The van der Waals surface area contributed by atoms with E-state index in [0.717, 1.165) is 49.6 Å². The topological polar surface area (TPSA) is 69.2 Å². The van der Waals surface area contributed by atoms with Gasteiger partial charge in [-0.25, -0.2) is 9.97 Å². The normalized spacial score (nSPS) is 18.5. The van der Waals surface area contributed by atoms with Gasteiger partial charge in [0, 0.05) is 31.9 Å². The smallest absolute Gasteiger partial charge is 0.202 e. The van der Waals surface area contributed by atoms with Crippen molar-refractivity contribution < 1.29 is 4.74 Å². The first-order chi connectivity index (χ1) is 9.66. The molecule has 1 unspecified atom stereocenters. The second-order valence-corrected chi connectivity index (χ2v) is 5.40. The number of nitrogens with zero attached hydrogens (tertiary/aromatic N) is 4. The lowest BCUT2D eigenvalue weighted by molar-refractivity contribution is 0.0328. The zero-order valence-electron chi connectivity index (χ0n) is 12.0. The van der Waals surface area contributed by atoms with Crippen molar-refractivity contribution in [1.82, 2.24) is 19.4 Å². The summed E-state index contributed by atoms with van der Waals surface area (Å²) in [4.78, 5) is 11.3. The number of ether oxygens (including phenoxy) is 1. The fourth-order valence-electron chi connectivity index (χ4n) is 2.80. The van der Waals surface area contributed by atoms with E-state index in [2.05, 4.69) is 21.8 Å². The molecule has 2 aromatic rings. The van der Waals surface area contributed by atoms with Crippen LogP contribution in [0, 0.1) is 6.92 Å². The van der Waals surface area contributed by atoms with Crippen molar-refractivity contribution in [2.24, 2.45) is 0 Å². The van der Waals surface area contributed by atoms with E-state index in [-0.39, 0.29) is 6.04 Å². The molecule has 1 fully saturated rings. The lowest BCUT2D eigenvalue weighted by Crippen LogP contribution is -2.39. The molecule has 108 valence electrons. The molecule has 1 saturated heterocycles. The van der Waals surface area contributed by atoms with Gasteiger partial charge in [0.1, 0.15) is 5.52 Å². The van der Waals surface area contributed by atoms with Gasteiger partial charge in [0.05, 0.1) is 13.2 Å². The Labute approximate surface area is 118 Å². The predicted molar refractivity (Wildman–Crippen MR) is 78.6 cm³/mol. The molecule has 6 heteroatoms. The van der Waals surface area contributed by atoms with Gasteiger partial charge in [-0.3, -0.25) is 9.47 Å². The Balaban J connectivity index is 1.88. The average Bonchev–Trinajstić information content (AvgIpc) is 2.78. The summed E-state index contributed by atoms with van der Waals surface area (Å²) in [6.07, 6.45) is 1.82. The summed E-state index contributed by atoms with van der Waals surface area (Å²) in [5, 5.41) is 0. The van der Waals surface area contributed by atoms with Crippen LogP contribution in [0.3, 0.4) is 0 Å². The van der Waals surface area contributed by atoms with Crippen molar-refractivity contribution in [3.05, 3.63) is 17.8 Å². The molecular formula is C14H21N5O. The molecule has 0 aliphatic carbocycles. The number of nitrogens with two attached hydrogens (primary N) is 1. The Kier molecular flexibility index (Phi) is 3.58. The van der Waals surface area contributed by atoms with Crippen molar-refractivity contribution in [2.45, 2.75) is 19.9 Å². The number of aromatic nitrogens is 3. The number of nitrogen functional groups attached to an aromatic ring is 1. The van der Waals surface area contributed by atoms with Gasteiger partial charge in [-0.05, 0) is 25.5 Å². The van der Waals surface area contributed by atoms with Crippen molar-refractivity contribution in [2.75, 3.05) is 38.6 Å². The van der Waals surface area contributed by atoms with Gasteiger partial charge in [-0.1, -0.05) is 0 Å². The largest absolute Gasteiger partial charge is 0.379 e. The number of anilines is 1. The van der Waals surface area contributed by atoms with E-state index in [1.807, 2.05) is 23.8 Å². The number of rotatable bonds is 3. The molecule has 0 saturated carbocycles. The van der Waals surface area contributed by atoms with E-state index in [9.17, 15) is 0 Å². The molecule has 1 atom stereocenters. The lowest BCUT2D eigenvalue weighted by Gasteiger charge is -2.29. The fraction of sp³-hybridized carbons (Fsp3) is 0.571. The van der Waals surface area contributed by atoms with Gasteiger partial charge in [-0.2, -0.15) is 0 Å². The third-order valence-electron chi connectivity index (χ3n) is 3.87. The third kappa shape index (κ3) is 2.36. The molecule has 3 heterocycles. The van der Waals surface area contributed by atoms with Crippen molar-refractivity contribution in [3.8, 4) is 0 Å². The quantitative estimate of drug-likeness (QED) is 0.912. The Hall–Kier alpha value is -1.66. The number of morpholine rings is 1. The number of aryl methyl sites for hydroxylation is 1. The highest BCUT2D eigenvalue weighted by molar-refractivity contribution is 5.77. The van der Waals surface area contributed by atoms with E-state index >= 15 is 0 Å².